The molecule has 0 rings (SSSR count). The predicted molar refractivity (Wildman–Crippen MR) is 133 cm³/mol. The van der Waals surface area contributed by atoms with Crippen LogP contribution in [0.15, 0.2) is 0 Å². The van der Waals surface area contributed by atoms with Crippen LogP contribution in [-0.2, 0) is 27.9 Å². The van der Waals surface area contributed by atoms with E-state index in [2.05, 4.69) is 6.92 Å². The largest absolute Gasteiger partial charge is 0.756 e. The van der Waals surface area contributed by atoms with Crippen LogP contribution in [0.4, 0.5) is 0 Å². The Hall–Kier alpha value is -0.500. The van der Waals surface area contributed by atoms with Gasteiger partial charge in [-0.2, -0.15) is 0 Å². The number of phosphoric acid groups is 1. The molecule has 0 aliphatic rings. The van der Waals surface area contributed by atoms with E-state index in [1.807, 2.05) is 0 Å². The number of carboxylic acid groups (broad SMARTS) is 1. The quantitative estimate of drug-likeness (QED) is 0.102. The molecule has 0 saturated carbocycles. The summed E-state index contributed by atoms with van der Waals surface area (Å²) in [4.78, 5) is 22.4. The van der Waals surface area contributed by atoms with Gasteiger partial charge in [0.25, 0.3) is 7.82 Å². The topological polar surface area (TPSA) is 114 Å². The Kier molecular flexibility index (Phi) is 23.8. The third-order valence-electron chi connectivity index (χ3n) is 5.49. The summed E-state index contributed by atoms with van der Waals surface area (Å²) in [6.07, 6.45) is 17.8. The third kappa shape index (κ3) is 24.6. The maximum atomic E-state index is 11.7. The van der Waals surface area contributed by atoms with Crippen LogP contribution in [0.2, 0.25) is 0 Å². The summed E-state index contributed by atoms with van der Waals surface area (Å²) in [7, 11) is -4.39. The van der Waals surface area contributed by atoms with Gasteiger partial charge in [0.2, 0.25) is 0 Å². The fourth-order valence-electron chi connectivity index (χ4n) is 3.49. The lowest BCUT2D eigenvalue weighted by atomic mass is 10.0. The van der Waals surface area contributed by atoms with Gasteiger partial charge < -0.3 is 28.5 Å². The maximum absolute atomic E-state index is 11.7. The molecule has 0 aromatic carbocycles. The molecule has 8 nitrogen and oxygen atoms in total. The monoisotopic (exact) mass is 509 g/mol. The molecule has 0 bridgehead atoms. The maximum Gasteiger partial charge on any atom is 0.305 e. The molecule has 0 heterocycles. The van der Waals surface area contributed by atoms with Gasteiger partial charge in [-0.3, -0.25) is 9.36 Å². The van der Waals surface area contributed by atoms with E-state index < -0.39 is 19.9 Å². The van der Waals surface area contributed by atoms with Crippen LogP contribution in [-0.4, -0.2) is 50.2 Å². The lowest BCUT2D eigenvalue weighted by molar-refractivity contribution is -0.228. The fourth-order valence-corrected chi connectivity index (χ4v) is 4.32. The molecular formula is C25H50O8P-. The highest BCUT2D eigenvalue weighted by atomic mass is 31.2. The van der Waals surface area contributed by atoms with E-state index in [1.54, 1.807) is 6.92 Å². The van der Waals surface area contributed by atoms with Crippen molar-refractivity contribution < 1.29 is 37.9 Å². The number of unbranched alkanes of at least 4 members (excludes halogenated alkanes) is 13. The minimum atomic E-state index is -4.39. The van der Waals surface area contributed by atoms with E-state index in [1.165, 1.54) is 77.0 Å². The van der Waals surface area contributed by atoms with Gasteiger partial charge in [0.15, 0.2) is 0 Å². The van der Waals surface area contributed by atoms with Gasteiger partial charge in [-0.15, -0.1) is 0 Å². The Morgan fingerprint density at radius 2 is 1.26 bits per heavy atom. The van der Waals surface area contributed by atoms with Crippen LogP contribution >= 0.6 is 7.82 Å². The number of phosphoric ester groups is 1. The molecule has 0 aliphatic carbocycles. The molecule has 0 aromatic rings. The lowest BCUT2D eigenvalue weighted by Gasteiger charge is -2.25. The summed E-state index contributed by atoms with van der Waals surface area (Å²) in [5.41, 5.74) is 0. The number of carbonyl (C=O) groups is 1. The van der Waals surface area contributed by atoms with Crippen molar-refractivity contribution >= 4 is 13.8 Å². The van der Waals surface area contributed by atoms with Gasteiger partial charge >= 0.3 is 5.97 Å². The van der Waals surface area contributed by atoms with E-state index in [0.29, 0.717) is 13.0 Å². The van der Waals surface area contributed by atoms with Gasteiger partial charge in [-0.05, 0) is 12.8 Å². The van der Waals surface area contributed by atoms with Gasteiger partial charge in [0.1, 0.15) is 6.10 Å². The zero-order valence-corrected chi connectivity index (χ0v) is 22.6. The van der Waals surface area contributed by atoms with Crippen molar-refractivity contribution in [3.63, 3.8) is 0 Å². The number of ether oxygens (including phenoxy) is 2. The molecule has 0 radical (unpaired) electrons. The van der Waals surface area contributed by atoms with Gasteiger partial charge in [0.05, 0.1) is 32.8 Å². The molecule has 0 spiro atoms. The summed E-state index contributed by atoms with van der Waals surface area (Å²) >= 11 is 0. The van der Waals surface area contributed by atoms with E-state index in [4.69, 9.17) is 23.6 Å². The summed E-state index contributed by atoms with van der Waals surface area (Å²) in [5.74, 6) is -0.983. The summed E-state index contributed by atoms with van der Waals surface area (Å²) in [5, 5.41) is 8.75. The fraction of sp³-hybridized carbons (Fsp3) is 0.960. The zero-order valence-electron chi connectivity index (χ0n) is 21.7. The van der Waals surface area contributed by atoms with Crippen molar-refractivity contribution in [2.45, 2.75) is 123 Å². The Labute approximate surface area is 207 Å². The summed E-state index contributed by atoms with van der Waals surface area (Å²) in [6, 6.07) is 0. The Bertz CT molecular complexity index is 503. The third-order valence-corrected chi connectivity index (χ3v) is 6.45. The first kappa shape index (κ1) is 33.5. The lowest BCUT2D eigenvalue weighted by Crippen LogP contribution is -2.28. The van der Waals surface area contributed by atoms with Gasteiger partial charge in [0, 0.05) is 6.61 Å². The molecular weight excluding hydrogens is 459 g/mol. The van der Waals surface area contributed by atoms with E-state index in [0.717, 1.165) is 12.8 Å². The molecule has 0 amide bonds. The molecule has 0 fully saturated rings. The van der Waals surface area contributed by atoms with E-state index in [-0.39, 0.29) is 32.8 Å². The second kappa shape index (κ2) is 24.2. The SMILES string of the molecule is CCCCCCCCCCCCCCCCOCC(COP(=O)([O-])OCCC)OCCC(=O)O. The first-order chi connectivity index (χ1) is 16.4. The molecule has 1 N–H and O–H groups in total. The minimum Gasteiger partial charge on any atom is -0.756 e. The zero-order chi connectivity index (χ0) is 25.3. The smallest absolute Gasteiger partial charge is 0.305 e. The number of rotatable bonds is 27. The van der Waals surface area contributed by atoms with Crippen LogP contribution in [0.25, 0.3) is 0 Å². The highest BCUT2D eigenvalue weighted by molar-refractivity contribution is 7.45. The van der Waals surface area contributed by atoms with E-state index >= 15 is 0 Å². The van der Waals surface area contributed by atoms with Crippen molar-refractivity contribution in [3.8, 4) is 0 Å². The van der Waals surface area contributed by atoms with Crippen LogP contribution in [0.3, 0.4) is 0 Å². The normalized spacial score (nSPS) is 14.2. The highest BCUT2D eigenvalue weighted by Crippen LogP contribution is 2.38. The second-order valence-corrected chi connectivity index (χ2v) is 10.3. The standard InChI is InChI=1S/C25H51O8P/c1-3-5-6-7-8-9-10-11-12-13-14-15-16-17-20-30-22-24(31-21-18-25(26)27)23-33-34(28,29)32-19-4-2/h24H,3-23H2,1-2H3,(H,26,27)(H,28,29)/p-1. The Morgan fingerprint density at radius 1 is 0.735 bits per heavy atom. The molecule has 0 aliphatic heterocycles. The average Bonchev–Trinajstić information content (AvgIpc) is 2.80. The predicted octanol–water partition coefficient (Wildman–Crippen LogP) is 6.26. The van der Waals surface area contributed by atoms with Crippen LogP contribution < -0.4 is 4.89 Å². The first-order valence-electron chi connectivity index (χ1n) is 13.4. The summed E-state index contributed by atoms with van der Waals surface area (Å²) < 4.78 is 32.3. The second-order valence-electron chi connectivity index (χ2n) is 8.88. The molecule has 2 atom stereocenters. The summed E-state index contributed by atoms with van der Waals surface area (Å²) in [6.45, 7) is 4.51. The van der Waals surface area contributed by atoms with Crippen LogP contribution in [0.5, 0.6) is 0 Å². The highest BCUT2D eigenvalue weighted by Gasteiger charge is 2.16. The Balaban J connectivity index is 3.76. The minimum absolute atomic E-state index is 0.0371. The van der Waals surface area contributed by atoms with Crippen molar-refractivity contribution in [1.82, 2.24) is 0 Å². The molecule has 204 valence electrons. The van der Waals surface area contributed by atoms with Gasteiger partial charge in [-0.25, -0.2) is 0 Å². The number of aliphatic carboxylic acids is 1. The van der Waals surface area contributed by atoms with Crippen molar-refractivity contribution in [2.24, 2.45) is 0 Å². The van der Waals surface area contributed by atoms with Crippen molar-refractivity contribution in [1.29, 1.82) is 0 Å². The van der Waals surface area contributed by atoms with E-state index in [9.17, 15) is 14.3 Å². The Morgan fingerprint density at radius 3 is 1.76 bits per heavy atom. The molecule has 2 unspecified atom stereocenters. The molecule has 34 heavy (non-hydrogen) atoms. The number of hydrogen-bond donors (Lipinski definition) is 1. The first-order valence-corrected chi connectivity index (χ1v) is 14.9. The van der Waals surface area contributed by atoms with Gasteiger partial charge in [-0.1, -0.05) is 97.3 Å². The van der Waals surface area contributed by atoms with Crippen LogP contribution in [0.1, 0.15) is 117 Å². The molecule has 0 aromatic heterocycles. The number of hydrogen-bond acceptors (Lipinski definition) is 7. The van der Waals surface area contributed by atoms with Crippen molar-refractivity contribution in [2.75, 3.05) is 33.0 Å². The molecule has 9 heteroatoms. The van der Waals surface area contributed by atoms with Crippen molar-refractivity contribution in [3.05, 3.63) is 0 Å². The average molecular weight is 510 g/mol. The van der Waals surface area contributed by atoms with Crippen LogP contribution in [0, 0.1) is 0 Å². The number of carboxylic acids is 1. The molecule has 0 saturated heterocycles.